The molecule has 0 unspecified atom stereocenters. The van der Waals surface area contributed by atoms with E-state index in [-0.39, 0.29) is 23.4 Å². The molecule has 4 rings (SSSR count). The lowest BCUT2D eigenvalue weighted by atomic mass is 9.69. The third kappa shape index (κ3) is 1.75. The van der Waals surface area contributed by atoms with E-state index in [2.05, 4.69) is 24.1 Å². The summed E-state index contributed by atoms with van der Waals surface area (Å²) in [7, 11) is 3.89. The van der Waals surface area contributed by atoms with Crippen LogP contribution >= 0.6 is 0 Å². The molecule has 2 aliphatic heterocycles. The second-order valence-corrected chi connectivity index (χ2v) is 6.45. The van der Waals surface area contributed by atoms with Crippen molar-refractivity contribution in [2.45, 2.75) is 37.0 Å². The lowest BCUT2D eigenvalue weighted by Gasteiger charge is -2.36. The highest BCUT2D eigenvalue weighted by Crippen LogP contribution is 2.55. The van der Waals surface area contributed by atoms with Crippen LogP contribution in [0.2, 0.25) is 0 Å². The van der Waals surface area contributed by atoms with Crippen molar-refractivity contribution in [3.63, 3.8) is 0 Å². The summed E-state index contributed by atoms with van der Waals surface area (Å²) >= 11 is 0. The van der Waals surface area contributed by atoms with E-state index in [4.69, 9.17) is 9.47 Å². The Labute approximate surface area is 125 Å². The number of ether oxygens (including phenoxy) is 2. The molecule has 0 fully saturated rings. The average molecular weight is 287 g/mol. The lowest BCUT2D eigenvalue weighted by molar-refractivity contribution is 0.0551. The Hall–Kier alpha value is -1.52. The number of hydrogen-bond acceptors (Lipinski definition) is 4. The number of phenols is 1. The fourth-order valence-electron chi connectivity index (χ4n) is 4.09. The number of benzene rings is 1. The van der Waals surface area contributed by atoms with E-state index >= 15 is 0 Å². The van der Waals surface area contributed by atoms with Crippen molar-refractivity contribution in [3.05, 3.63) is 35.4 Å². The summed E-state index contributed by atoms with van der Waals surface area (Å²) in [5.41, 5.74) is 2.36. The van der Waals surface area contributed by atoms with Gasteiger partial charge in [-0.1, -0.05) is 18.2 Å². The van der Waals surface area contributed by atoms with Crippen molar-refractivity contribution in [2.24, 2.45) is 0 Å². The molecule has 0 saturated heterocycles. The van der Waals surface area contributed by atoms with Crippen molar-refractivity contribution >= 4 is 0 Å². The smallest absolute Gasteiger partial charge is 0.165 e. The molecule has 0 saturated carbocycles. The zero-order valence-electron chi connectivity index (χ0n) is 12.5. The van der Waals surface area contributed by atoms with E-state index in [0.717, 1.165) is 25.9 Å². The topological polar surface area (TPSA) is 41.9 Å². The van der Waals surface area contributed by atoms with E-state index in [1.165, 1.54) is 11.1 Å². The quantitative estimate of drug-likeness (QED) is 0.804. The number of aromatic hydroxyl groups is 1. The number of phenolic OH excluding ortho intramolecular Hbond substituents is 1. The molecule has 0 bridgehead atoms. The number of hydrogen-bond donors (Lipinski definition) is 1. The average Bonchev–Trinajstić information content (AvgIpc) is 2.76. The van der Waals surface area contributed by atoms with E-state index in [0.29, 0.717) is 5.75 Å². The Balaban J connectivity index is 1.91. The molecular weight excluding hydrogens is 266 g/mol. The van der Waals surface area contributed by atoms with E-state index in [1.807, 2.05) is 6.07 Å². The van der Waals surface area contributed by atoms with Gasteiger partial charge in [0.25, 0.3) is 0 Å². The molecule has 4 heteroatoms. The van der Waals surface area contributed by atoms with Gasteiger partial charge in [-0.25, -0.2) is 0 Å². The fraction of sp³-hybridized carbons (Fsp3) is 0.529. The van der Waals surface area contributed by atoms with Gasteiger partial charge >= 0.3 is 0 Å². The first-order valence-corrected chi connectivity index (χ1v) is 7.57. The molecule has 4 nitrogen and oxygen atoms in total. The van der Waals surface area contributed by atoms with Crippen molar-refractivity contribution < 1.29 is 14.6 Å². The maximum absolute atomic E-state index is 10.2. The third-order valence-corrected chi connectivity index (χ3v) is 5.23. The summed E-state index contributed by atoms with van der Waals surface area (Å²) < 4.78 is 11.7. The van der Waals surface area contributed by atoms with Gasteiger partial charge in [0.1, 0.15) is 6.10 Å². The van der Waals surface area contributed by atoms with Crippen LogP contribution in [0.3, 0.4) is 0 Å². The molecule has 1 aromatic rings. The Bertz CT molecular complexity index is 612. The van der Waals surface area contributed by atoms with Crippen LogP contribution in [0.15, 0.2) is 24.3 Å². The maximum Gasteiger partial charge on any atom is 0.165 e. The van der Waals surface area contributed by atoms with Gasteiger partial charge in [0.2, 0.25) is 0 Å². The molecule has 0 amide bonds. The van der Waals surface area contributed by atoms with Crippen LogP contribution in [0.4, 0.5) is 0 Å². The highest BCUT2D eigenvalue weighted by molar-refractivity contribution is 5.60. The summed E-state index contributed by atoms with van der Waals surface area (Å²) in [4.78, 5) is 2.34. The van der Waals surface area contributed by atoms with Crippen LogP contribution in [0.5, 0.6) is 11.5 Å². The van der Waals surface area contributed by atoms with Gasteiger partial charge < -0.3 is 19.5 Å². The highest BCUT2D eigenvalue weighted by Gasteiger charge is 2.52. The van der Waals surface area contributed by atoms with Gasteiger partial charge in [0.15, 0.2) is 11.5 Å². The van der Waals surface area contributed by atoms with Crippen LogP contribution in [0, 0.1) is 0 Å². The molecule has 3 aliphatic rings. The van der Waals surface area contributed by atoms with Crippen LogP contribution in [0.25, 0.3) is 0 Å². The van der Waals surface area contributed by atoms with Crippen molar-refractivity contribution in [3.8, 4) is 11.5 Å². The summed E-state index contributed by atoms with van der Waals surface area (Å²) in [5.74, 6) is 0.948. The van der Waals surface area contributed by atoms with Gasteiger partial charge in [-0.3, -0.25) is 0 Å². The minimum absolute atomic E-state index is 0.0565. The summed E-state index contributed by atoms with van der Waals surface area (Å²) in [5, 5.41) is 10.2. The minimum atomic E-state index is -0.108. The Morgan fingerprint density at radius 3 is 3.10 bits per heavy atom. The Morgan fingerprint density at radius 1 is 1.43 bits per heavy atom. The first kappa shape index (κ1) is 13.2. The maximum atomic E-state index is 10.2. The zero-order valence-corrected chi connectivity index (χ0v) is 12.5. The molecule has 3 atom stereocenters. The van der Waals surface area contributed by atoms with Crippen molar-refractivity contribution in [1.29, 1.82) is 0 Å². The second-order valence-electron chi connectivity index (χ2n) is 6.45. The summed E-state index contributed by atoms with van der Waals surface area (Å²) in [6, 6.07) is 3.80. The second kappa shape index (κ2) is 4.49. The van der Waals surface area contributed by atoms with E-state index in [9.17, 15) is 5.11 Å². The lowest BCUT2D eigenvalue weighted by Crippen LogP contribution is -2.43. The Morgan fingerprint density at radius 2 is 2.29 bits per heavy atom. The predicted molar refractivity (Wildman–Crippen MR) is 79.7 cm³/mol. The molecule has 1 N–H and O–H groups in total. The molecular formula is C17H21NO3. The molecule has 0 aromatic heterocycles. The SMILES string of the molecule is CO[C@H]1C=C[C@]23CCN(C)Cc4ccc(O)c(c42)O[C@@H]3C1. The fourth-order valence-corrected chi connectivity index (χ4v) is 4.09. The summed E-state index contributed by atoms with van der Waals surface area (Å²) in [6.07, 6.45) is 6.44. The van der Waals surface area contributed by atoms with Crippen molar-refractivity contribution in [1.82, 2.24) is 4.90 Å². The van der Waals surface area contributed by atoms with Crippen LogP contribution in [0.1, 0.15) is 24.0 Å². The third-order valence-electron chi connectivity index (χ3n) is 5.23. The van der Waals surface area contributed by atoms with Gasteiger partial charge in [-0.05, 0) is 31.6 Å². The van der Waals surface area contributed by atoms with Crippen molar-refractivity contribution in [2.75, 3.05) is 20.7 Å². The predicted octanol–water partition coefficient (Wildman–Crippen LogP) is 2.20. The number of rotatable bonds is 1. The molecule has 1 aromatic carbocycles. The molecule has 21 heavy (non-hydrogen) atoms. The zero-order chi connectivity index (χ0) is 14.6. The number of methoxy groups -OCH3 is 1. The first-order valence-electron chi connectivity index (χ1n) is 7.57. The van der Waals surface area contributed by atoms with Gasteiger partial charge in [0.05, 0.1) is 11.5 Å². The largest absolute Gasteiger partial charge is 0.504 e. The monoisotopic (exact) mass is 287 g/mol. The molecule has 112 valence electrons. The molecule has 2 heterocycles. The standard InChI is InChI=1S/C17H21NO3/c1-18-8-7-17-6-5-12(20-2)9-14(17)21-16-13(19)4-3-11(10-18)15(16)17/h3-6,12,14,19H,7-10H2,1-2H3/t12-,14+,17+/m0/s1. The first-order chi connectivity index (χ1) is 10.1. The van der Waals surface area contributed by atoms with Gasteiger partial charge in [-0.2, -0.15) is 0 Å². The normalized spacial score (nSPS) is 34.0. The molecule has 0 radical (unpaired) electrons. The van der Waals surface area contributed by atoms with Crippen LogP contribution in [-0.2, 0) is 16.7 Å². The minimum Gasteiger partial charge on any atom is -0.504 e. The van der Waals surface area contributed by atoms with Gasteiger partial charge in [0, 0.05) is 25.6 Å². The van der Waals surface area contributed by atoms with E-state index < -0.39 is 0 Å². The molecule has 1 aliphatic carbocycles. The Kier molecular flexibility index (Phi) is 2.81. The highest BCUT2D eigenvalue weighted by atomic mass is 16.5. The van der Waals surface area contributed by atoms with Gasteiger partial charge in [-0.15, -0.1) is 0 Å². The van der Waals surface area contributed by atoms with Crippen LogP contribution in [-0.4, -0.2) is 42.9 Å². The van der Waals surface area contributed by atoms with E-state index in [1.54, 1.807) is 13.2 Å². The summed E-state index contributed by atoms with van der Waals surface area (Å²) in [6.45, 7) is 1.93. The molecule has 1 spiro atoms. The number of nitrogens with zero attached hydrogens (tertiary/aromatic N) is 1. The van der Waals surface area contributed by atoms with Crippen LogP contribution < -0.4 is 4.74 Å².